The Labute approximate surface area is 176 Å². The topological polar surface area (TPSA) is 79.0 Å². The van der Waals surface area contributed by atoms with Gasteiger partial charge in [0.05, 0.1) is 9.83 Å². The first-order chi connectivity index (χ1) is 14.0. The molecule has 2 aromatic carbocycles. The third-order valence-corrected chi connectivity index (χ3v) is 5.99. The molecular formula is C20H17ClN4O3S. The third-order valence-electron chi connectivity index (χ3n) is 4.71. The summed E-state index contributed by atoms with van der Waals surface area (Å²) in [4.78, 5) is 31.8. The van der Waals surface area contributed by atoms with Crippen molar-refractivity contribution in [3.05, 3.63) is 74.1 Å². The molecule has 1 saturated heterocycles. The molecule has 1 fully saturated rings. The Morgan fingerprint density at radius 3 is 2.52 bits per heavy atom. The fourth-order valence-corrected chi connectivity index (χ4v) is 4.39. The van der Waals surface area contributed by atoms with E-state index in [2.05, 4.69) is 14.8 Å². The Bertz CT molecular complexity index is 1030. The van der Waals surface area contributed by atoms with Gasteiger partial charge in [0, 0.05) is 49.0 Å². The van der Waals surface area contributed by atoms with E-state index in [4.69, 9.17) is 11.6 Å². The van der Waals surface area contributed by atoms with Crippen LogP contribution in [0.1, 0.15) is 5.56 Å². The van der Waals surface area contributed by atoms with Gasteiger partial charge < -0.3 is 9.80 Å². The van der Waals surface area contributed by atoms with Crippen molar-refractivity contribution in [2.75, 3.05) is 31.1 Å². The van der Waals surface area contributed by atoms with Crippen molar-refractivity contribution >= 4 is 51.9 Å². The fourth-order valence-electron chi connectivity index (χ4n) is 3.24. The van der Waals surface area contributed by atoms with Crippen molar-refractivity contribution < 1.29 is 9.72 Å². The van der Waals surface area contributed by atoms with Gasteiger partial charge in [0.2, 0.25) is 0 Å². The molecule has 29 heavy (non-hydrogen) atoms. The number of aliphatic imine (C=N–C) groups is 1. The summed E-state index contributed by atoms with van der Waals surface area (Å²) < 4.78 is 0. The van der Waals surface area contributed by atoms with Gasteiger partial charge >= 0.3 is 0 Å². The van der Waals surface area contributed by atoms with E-state index in [1.807, 2.05) is 24.3 Å². The number of hydrogen-bond acceptors (Lipinski definition) is 6. The van der Waals surface area contributed by atoms with Crippen molar-refractivity contribution in [3.63, 3.8) is 0 Å². The van der Waals surface area contributed by atoms with Crippen LogP contribution in [-0.4, -0.2) is 47.1 Å². The molecule has 0 unspecified atom stereocenters. The largest absolute Gasteiger partial charge is 0.368 e. The number of carbonyl (C=O) groups is 1. The van der Waals surface area contributed by atoms with Crippen LogP contribution in [0.15, 0.2) is 58.4 Å². The summed E-state index contributed by atoms with van der Waals surface area (Å²) in [5.41, 5.74) is 1.69. The molecule has 1 amide bonds. The van der Waals surface area contributed by atoms with Gasteiger partial charge in [-0.25, -0.2) is 0 Å². The molecule has 2 aromatic rings. The summed E-state index contributed by atoms with van der Waals surface area (Å²) in [6, 6.07) is 14.0. The molecule has 0 atom stereocenters. The zero-order valence-electron chi connectivity index (χ0n) is 15.3. The van der Waals surface area contributed by atoms with Crippen molar-refractivity contribution in [2.24, 2.45) is 4.99 Å². The lowest BCUT2D eigenvalue weighted by molar-refractivity contribution is -0.384. The van der Waals surface area contributed by atoms with Crippen molar-refractivity contribution in [1.29, 1.82) is 0 Å². The maximum absolute atomic E-state index is 12.3. The molecule has 0 radical (unpaired) electrons. The summed E-state index contributed by atoms with van der Waals surface area (Å²) >= 11 is 7.39. The van der Waals surface area contributed by atoms with Crippen molar-refractivity contribution in [2.45, 2.75) is 0 Å². The number of amidine groups is 1. The number of carbonyl (C=O) groups excluding carboxylic acids is 1. The number of nitro groups is 1. The number of nitro benzene ring substituents is 1. The lowest BCUT2D eigenvalue weighted by Gasteiger charge is -2.36. The number of nitrogens with zero attached hydrogens (tertiary/aromatic N) is 4. The summed E-state index contributed by atoms with van der Waals surface area (Å²) in [5.74, 6) is -0.311. The monoisotopic (exact) mass is 428 g/mol. The summed E-state index contributed by atoms with van der Waals surface area (Å²) in [6.07, 6.45) is 1.65. The first kappa shape index (κ1) is 19.5. The molecule has 9 heteroatoms. The molecule has 4 rings (SSSR count). The van der Waals surface area contributed by atoms with E-state index in [1.165, 1.54) is 23.9 Å². The van der Waals surface area contributed by atoms with E-state index in [1.54, 1.807) is 18.2 Å². The highest BCUT2D eigenvalue weighted by Crippen LogP contribution is 2.31. The molecule has 148 valence electrons. The quantitative estimate of drug-likeness (QED) is 0.417. The van der Waals surface area contributed by atoms with E-state index in [0.29, 0.717) is 20.7 Å². The molecule has 2 heterocycles. The number of amides is 1. The molecule has 0 aromatic heterocycles. The van der Waals surface area contributed by atoms with Crippen LogP contribution in [0.25, 0.3) is 6.08 Å². The first-order valence-electron chi connectivity index (χ1n) is 9.02. The number of anilines is 1. The lowest BCUT2D eigenvalue weighted by Crippen LogP contribution is -2.47. The van der Waals surface area contributed by atoms with Crippen LogP contribution in [0.2, 0.25) is 5.02 Å². The molecule has 0 bridgehead atoms. The molecule has 2 aliphatic heterocycles. The highest BCUT2D eigenvalue weighted by Gasteiger charge is 2.28. The number of piperazine rings is 1. The Kier molecular flexibility index (Phi) is 5.55. The summed E-state index contributed by atoms with van der Waals surface area (Å²) in [5, 5.41) is 12.3. The van der Waals surface area contributed by atoms with Crippen LogP contribution in [0.5, 0.6) is 0 Å². The fraction of sp³-hybridized carbons (Fsp3) is 0.200. The zero-order valence-corrected chi connectivity index (χ0v) is 16.9. The Morgan fingerprint density at radius 1 is 1.07 bits per heavy atom. The van der Waals surface area contributed by atoms with Crippen LogP contribution in [-0.2, 0) is 4.79 Å². The molecule has 2 aliphatic rings. The van der Waals surface area contributed by atoms with Crippen LogP contribution < -0.4 is 4.90 Å². The normalized spacial score (nSPS) is 18.3. The van der Waals surface area contributed by atoms with Gasteiger partial charge in [0.15, 0.2) is 5.17 Å². The molecule has 0 aliphatic carbocycles. The maximum atomic E-state index is 12.3. The summed E-state index contributed by atoms with van der Waals surface area (Å²) in [6.45, 7) is 3.10. The van der Waals surface area contributed by atoms with Crippen molar-refractivity contribution in [1.82, 2.24) is 4.90 Å². The molecule has 7 nitrogen and oxygen atoms in total. The SMILES string of the molecule is O=C1N=C(N2CCN(c3cccc(Cl)c3)CC2)SC1=Cc1cccc([N+](=O)[O-])c1. The van der Waals surface area contributed by atoms with E-state index < -0.39 is 4.92 Å². The van der Waals surface area contributed by atoms with Gasteiger partial charge in [-0.3, -0.25) is 14.9 Å². The number of hydrogen-bond donors (Lipinski definition) is 0. The highest BCUT2D eigenvalue weighted by atomic mass is 35.5. The van der Waals surface area contributed by atoms with Gasteiger partial charge in [0.1, 0.15) is 0 Å². The zero-order chi connectivity index (χ0) is 20.4. The van der Waals surface area contributed by atoms with Gasteiger partial charge in [-0.05, 0) is 41.6 Å². The minimum Gasteiger partial charge on any atom is -0.368 e. The van der Waals surface area contributed by atoms with E-state index in [9.17, 15) is 14.9 Å². The Hall–Kier alpha value is -2.84. The Morgan fingerprint density at radius 2 is 1.79 bits per heavy atom. The second kappa shape index (κ2) is 8.26. The van der Waals surface area contributed by atoms with Crippen LogP contribution >= 0.6 is 23.4 Å². The predicted molar refractivity (Wildman–Crippen MR) is 116 cm³/mol. The number of benzene rings is 2. The summed E-state index contributed by atoms with van der Waals surface area (Å²) in [7, 11) is 0. The average Bonchev–Trinajstić information content (AvgIpc) is 3.08. The minimum atomic E-state index is -0.451. The second-order valence-electron chi connectivity index (χ2n) is 6.62. The van der Waals surface area contributed by atoms with Gasteiger partial charge in [-0.1, -0.05) is 29.8 Å². The van der Waals surface area contributed by atoms with Gasteiger partial charge in [0.25, 0.3) is 11.6 Å². The van der Waals surface area contributed by atoms with E-state index >= 15 is 0 Å². The second-order valence-corrected chi connectivity index (χ2v) is 8.06. The number of thioether (sulfide) groups is 1. The standard InChI is InChI=1S/C20H17ClN4O3S/c21-15-4-2-5-16(13-15)23-7-9-24(10-8-23)20-22-19(26)18(29-20)12-14-3-1-6-17(11-14)25(27)28/h1-6,11-13H,7-10H2. The van der Waals surface area contributed by atoms with Crippen LogP contribution in [0.4, 0.5) is 11.4 Å². The third kappa shape index (κ3) is 4.44. The first-order valence-corrected chi connectivity index (χ1v) is 10.2. The predicted octanol–water partition coefficient (Wildman–Crippen LogP) is 4.04. The molecule has 0 N–H and O–H groups in total. The Balaban J connectivity index is 1.41. The lowest BCUT2D eigenvalue weighted by atomic mass is 10.2. The minimum absolute atomic E-state index is 0.00641. The highest BCUT2D eigenvalue weighted by molar-refractivity contribution is 8.18. The maximum Gasteiger partial charge on any atom is 0.286 e. The van der Waals surface area contributed by atoms with Crippen LogP contribution in [0.3, 0.4) is 0 Å². The molecule has 0 saturated carbocycles. The van der Waals surface area contributed by atoms with Crippen molar-refractivity contribution in [3.8, 4) is 0 Å². The van der Waals surface area contributed by atoms with Gasteiger partial charge in [-0.15, -0.1) is 0 Å². The van der Waals surface area contributed by atoms with E-state index in [0.717, 1.165) is 31.9 Å². The van der Waals surface area contributed by atoms with E-state index in [-0.39, 0.29) is 11.6 Å². The average molecular weight is 429 g/mol. The number of non-ortho nitro benzene ring substituents is 1. The number of rotatable bonds is 3. The number of halogens is 1. The molecular weight excluding hydrogens is 412 g/mol. The smallest absolute Gasteiger partial charge is 0.286 e. The van der Waals surface area contributed by atoms with Crippen LogP contribution in [0, 0.1) is 10.1 Å². The van der Waals surface area contributed by atoms with Gasteiger partial charge in [-0.2, -0.15) is 4.99 Å². The molecule has 0 spiro atoms.